The molecule has 0 aromatic heterocycles. The van der Waals surface area contributed by atoms with Gasteiger partial charge < -0.3 is 15.5 Å². The number of nitrogens with one attached hydrogen (secondary N) is 2. The Morgan fingerprint density at radius 2 is 1.70 bits per heavy atom. The third-order valence-corrected chi connectivity index (χ3v) is 4.66. The number of nitrogens with zero attached hydrogens (tertiary/aromatic N) is 2. The maximum Gasteiger partial charge on any atom is 0.240 e. The number of rotatable bonds is 5. The molecular formula is C15H33IN4O2S. The van der Waals surface area contributed by atoms with E-state index in [9.17, 15) is 9.00 Å². The highest BCUT2D eigenvalue weighted by molar-refractivity contribution is 14.0. The molecule has 0 aliphatic carbocycles. The highest BCUT2D eigenvalue weighted by Crippen LogP contribution is 2.10. The molecule has 0 aliphatic rings. The summed E-state index contributed by atoms with van der Waals surface area (Å²) >= 11 is 0. The van der Waals surface area contributed by atoms with Crippen molar-refractivity contribution in [3.05, 3.63) is 0 Å². The second-order valence-electron chi connectivity index (χ2n) is 7.29. The summed E-state index contributed by atoms with van der Waals surface area (Å²) in [4.78, 5) is 17.8. The van der Waals surface area contributed by atoms with E-state index in [4.69, 9.17) is 0 Å². The molecule has 0 saturated carbocycles. The molecule has 1 amide bonds. The van der Waals surface area contributed by atoms with Crippen LogP contribution in [-0.2, 0) is 15.6 Å². The van der Waals surface area contributed by atoms with Crippen LogP contribution in [-0.4, -0.2) is 64.2 Å². The van der Waals surface area contributed by atoms with Gasteiger partial charge in [0.15, 0.2) is 5.96 Å². The standard InChI is InChI=1S/C15H32N4O2S.HI/c1-14(2,3)18-12(20)11-19(8)13(16-7)17-9-10-22(21)15(4,5)6;/h9-11H2,1-8H3,(H,16,17)(H,18,20);1H. The fourth-order valence-electron chi connectivity index (χ4n) is 1.69. The minimum Gasteiger partial charge on any atom is -0.355 e. The number of guanidine groups is 1. The SMILES string of the molecule is CN=C(NCCS(=O)C(C)(C)C)N(C)CC(=O)NC(C)(C)C.I. The molecule has 0 rings (SSSR count). The Hall–Kier alpha value is -0.380. The second kappa shape index (κ2) is 10.5. The Labute approximate surface area is 160 Å². The van der Waals surface area contributed by atoms with Gasteiger partial charge in [-0.05, 0) is 41.5 Å². The van der Waals surface area contributed by atoms with E-state index >= 15 is 0 Å². The molecule has 0 aliphatic heterocycles. The Balaban J connectivity index is 0. The van der Waals surface area contributed by atoms with Gasteiger partial charge in [-0.15, -0.1) is 24.0 Å². The second-order valence-corrected chi connectivity index (χ2v) is 9.61. The maximum absolute atomic E-state index is 12.0. The Kier molecular flexibility index (Phi) is 11.3. The van der Waals surface area contributed by atoms with Gasteiger partial charge >= 0.3 is 0 Å². The van der Waals surface area contributed by atoms with Crippen LogP contribution in [0.25, 0.3) is 0 Å². The number of carbonyl (C=O) groups excluding carboxylic acids is 1. The van der Waals surface area contributed by atoms with Crippen LogP contribution < -0.4 is 10.6 Å². The number of aliphatic imine (C=N–C) groups is 1. The zero-order valence-electron chi connectivity index (χ0n) is 15.6. The zero-order chi connectivity index (χ0) is 17.6. The van der Waals surface area contributed by atoms with E-state index in [1.807, 2.05) is 41.5 Å². The summed E-state index contributed by atoms with van der Waals surface area (Å²) in [6.07, 6.45) is 0. The van der Waals surface area contributed by atoms with Crippen LogP contribution in [0.1, 0.15) is 41.5 Å². The first-order valence-electron chi connectivity index (χ1n) is 7.48. The Morgan fingerprint density at radius 3 is 2.09 bits per heavy atom. The molecule has 0 aromatic rings. The molecular weight excluding hydrogens is 427 g/mol. The number of carbonyl (C=O) groups is 1. The first kappa shape index (κ1) is 24.9. The fraction of sp³-hybridized carbons (Fsp3) is 0.867. The summed E-state index contributed by atoms with van der Waals surface area (Å²) < 4.78 is 11.8. The van der Waals surface area contributed by atoms with Crippen LogP contribution in [0.4, 0.5) is 0 Å². The fourth-order valence-corrected chi connectivity index (χ4v) is 2.59. The third kappa shape index (κ3) is 11.7. The van der Waals surface area contributed by atoms with E-state index in [-0.39, 0.29) is 46.7 Å². The van der Waals surface area contributed by atoms with Gasteiger partial charge in [-0.1, -0.05) is 0 Å². The monoisotopic (exact) mass is 460 g/mol. The van der Waals surface area contributed by atoms with Gasteiger partial charge in [-0.25, -0.2) is 0 Å². The molecule has 23 heavy (non-hydrogen) atoms. The highest BCUT2D eigenvalue weighted by Gasteiger charge is 2.20. The molecule has 138 valence electrons. The number of hydrogen-bond donors (Lipinski definition) is 2. The van der Waals surface area contributed by atoms with Crippen LogP contribution in [0.3, 0.4) is 0 Å². The summed E-state index contributed by atoms with van der Waals surface area (Å²) in [7, 11) is 2.56. The number of halogens is 1. The van der Waals surface area contributed by atoms with Crippen molar-refractivity contribution in [3.63, 3.8) is 0 Å². The van der Waals surface area contributed by atoms with Crippen LogP contribution in [0, 0.1) is 0 Å². The van der Waals surface area contributed by atoms with Gasteiger partial charge in [0.05, 0.1) is 6.54 Å². The molecule has 0 heterocycles. The van der Waals surface area contributed by atoms with Crippen molar-refractivity contribution in [1.82, 2.24) is 15.5 Å². The zero-order valence-corrected chi connectivity index (χ0v) is 18.8. The molecule has 8 heteroatoms. The predicted octanol–water partition coefficient (Wildman–Crippen LogP) is 1.57. The van der Waals surface area contributed by atoms with E-state index in [0.29, 0.717) is 18.3 Å². The molecule has 0 spiro atoms. The first-order chi connectivity index (χ1) is 9.86. The lowest BCUT2D eigenvalue weighted by Gasteiger charge is -2.25. The molecule has 6 nitrogen and oxygen atoms in total. The highest BCUT2D eigenvalue weighted by atomic mass is 127. The lowest BCUT2D eigenvalue weighted by atomic mass is 10.1. The third-order valence-electron chi connectivity index (χ3n) is 2.72. The number of hydrogen-bond acceptors (Lipinski definition) is 3. The van der Waals surface area contributed by atoms with Crippen LogP contribution in [0.2, 0.25) is 0 Å². The summed E-state index contributed by atoms with van der Waals surface area (Å²) in [5, 5.41) is 6.05. The lowest BCUT2D eigenvalue weighted by molar-refractivity contribution is -0.122. The van der Waals surface area contributed by atoms with Crippen LogP contribution >= 0.6 is 24.0 Å². The maximum atomic E-state index is 12.0. The summed E-state index contributed by atoms with van der Waals surface area (Å²) in [6, 6.07) is 0. The van der Waals surface area contributed by atoms with Gasteiger partial charge in [0.25, 0.3) is 0 Å². The van der Waals surface area contributed by atoms with E-state index < -0.39 is 10.8 Å². The predicted molar refractivity (Wildman–Crippen MR) is 110 cm³/mol. The van der Waals surface area contributed by atoms with Crippen molar-refractivity contribution in [2.75, 3.05) is 32.9 Å². The molecule has 0 saturated heterocycles. The van der Waals surface area contributed by atoms with Crippen molar-refractivity contribution in [2.24, 2.45) is 4.99 Å². The van der Waals surface area contributed by atoms with E-state index in [1.54, 1.807) is 19.0 Å². The Morgan fingerprint density at radius 1 is 1.17 bits per heavy atom. The van der Waals surface area contributed by atoms with Crippen molar-refractivity contribution >= 4 is 46.6 Å². The molecule has 1 unspecified atom stereocenters. The average Bonchev–Trinajstić information content (AvgIpc) is 2.30. The molecule has 0 aromatic carbocycles. The summed E-state index contributed by atoms with van der Waals surface area (Å²) in [5.74, 6) is 1.11. The van der Waals surface area contributed by atoms with Crippen LogP contribution in [0.15, 0.2) is 4.99 Å². The summed E-state index contributed by atoms with van der Waals surface area (Å²) in [5.41, 5.74) is -0.252. The van der Waals surface area contributed by atoms with Crippen molar-refractivity contribution in [1.29, 1.82) is 0 Å². The Bertz CT molecular complexity index is 428. The van der Waals surface area contributed by atoms with Gasteiger partial charge in [0.2, 0.25) is 5.91 Å². The van der Waals surface area contributed by atoms with E-state index in [2.05, 4.69) is 15.6 Å². The van der Waals surface area contributed by atoms with E-state index in [1.165, 1.54) is 0 Å². The summed E-state index contributed by atoms with van der Waals surface area (Å²) in [6.45, 7) is 12.5. The van der Waals surface area contributed by atoms with Gasteiger partial charge in [0.1, 0.15) is 0 Å². The van der Waals surface area contributed by atoms with Crippen LogP contribution in [0.5, 0.6) is 0 Å². The van der Waals surface area contributed by atoms with Gasteiger partial charge in [-0.3, -0.25) is 14.0 Å². The van der Waals surface area contributed by atoms with Crippen molar-refractivity contribution < 1.29 is 9.00 Å². The normalized spacial score (nSPS) is 13.8. The van der Waals surface area contributed by atoms with Crippen molar-refractivity contribution in [2.45, 2.75) is 51.8 Å². The minimum absolute atomic E-state index is 0. The molecule has 0 fully saturated rings. The quantitative estimate of drug-likeness (QED) is 0.371. The lowest BCUT2D eigenvalue weighted by Crippen LogP contribution is -2.49. The van der Waals surface area contributed by atoms with Gasteiger partial charge in [0, 0.05) is 47.5 Å². The molecule has 0 bridgehead atoms. The molecule has 0 radical (unpaired) electrons. The molecule has 1 atom stereocenters. The average molecular weight is 460 g/mol. The molecule has 2 N–H and O–H groups in total. The van der Waals surface area contributed by atoms with Gasteiger partial charge in [-0.2, -0.15) is 0 Å². The number of likely N-dealkylation sites (N-methyl/N-ethyl adjacent to an activating group) is 1. The number of amides is 1. The van der Waals surface area contributed by atoms with Crippen molar-refractivity contribution in [3.8, 4) is 0 Å². The largest absolute Gasteiger partial charge is 0.355 e. The smallest absolute Gasteiger partial charge is 0.240 e. The first-order valence-corrected chi connectivity index (χ1v) is 8.80. The minimum atomic E-state index is -0.908. The van der Waals surface area contributed by atoms with E-state index in [0.717, 1.165) is 0 Å². The topological polar surface area (TPSA) is 73.8 Å².